The van der Waals surface area contributed by atoms with Crippen molar-refractivity contribution in [3.8, 4) is 11.5 Å². The smallest absolute Gasteiger partial charge is 0.259 e. The molecule has 0 fully saturated rings. The molecule has 1 aliphatic rings. The Morgan fingerprint density at radius 3 is 2.76 bits per heavy atom. The highest BCUT2D eigenvalue weighted by Gasteiger charge is 2.27. The summed E-state index contributed by atoms with van der Waals surface area (Å²) in [5, 5.41) is 9.60. The number of nitrogens with one attached hydrogen (secondary N) is 2. The Hall–Kier alpha value is -2.51. The fourth-order valence-electron chi connectivity index (χ4n) is 3.61. The van der Waals surface area contributed by atoms with Gasteiger partial charge in [-0.15, -0.1) is 22.7 Å². The summed E-state index contributed by atoms with van der Waals surface area (Å²) in [5.74, 6) is 1.17. The number of fused-ring (bicyclic) bond motifs is 1. The summed E-state index contributed by atoms with van der Waals surface area (Å²) < 4.78 is 10.7. The average Bonchev–Trinajstić information content (AvgIpc) is 3.41. The van der Waals surface area contributed by atoms with Gasteiger partial charge in [0.2, 0.25) is 0 Å². The summed E-state index contributed by atoms with van der Waals surface area (Å²) in [6.45, 7) is 2.84. The average molecular weight is 429 g/mol. The summed E-state index contributed by atoms with van der Waals surface area (Å²) in [4.78, 5) is 15.9. The van der Waals surface area contributed by atoms with Crippen molar-refractivity contribution in [3.63, 3.8) is 0 Å². The minimum absolute atomic E-state index is 0.110. The highest BCUT2D eigenvalue weighted by Crippen LogP contribution is 2.40. The summed E-state index contributed by atoms with van der Waals surface area (Å²) in [7, 11) is 3.20. The maximum atomic E-state index is 13.3. The lowest BCUT2D eigenvalue weighted by molar-refractivity contribution is 0.102. The van der Waals surface area contributed by atoms with Crippen LogP contribution in [0.2, 0.25) is 0 Å². The van der Waals surface area contributed by atoms with E-state index in [9.17, 15) is 4.79 Å². The maximum Gasteiger partial charge on any atom is 0.259 e. The zero-order chi connectivity index (χ0) is 20.4. The molecule has 0 spiro atoms. The van der Waals surface area contributed by atoms with Crippen molar-refractivity contribution in [2.75, 3.05) is 24.9 Å². The molecule has 29 heavy (non-hydrogen) atoms. The van der Waals surface area contributed by atoms with Crippen LogP contribution in [0, 0.1) is 6.92 Å². The second kappa shape index (κ2) is 8.47. The summed E-state index contributed by atoms with van der Waals surface area (Å²) in [6, 6.07) is 7.52. The van der Waals surface area contributed by atoms with E-state index in [1.54, 1.807) is 49.0 Å². The number of hydrogen-bond donors (Lipinski definition) is 2. The third-order valence-corrected chi connectivity index (χ3v) is 7.45. The molecule has 3 aromatic rings. The van der Waals surface area contributed by atoms with E-state index in [-0.39, 0.29) is 5.91 Å². The standard InChI is InChI=1S/C22H24N2O3S2/c1-13-9-10-28-19(13)12-23-22-20(15-5-4-6-18(15)29-22)21(25)24-16-11-14(26-2)7-8-17(16)27-3/h7-11,23H,4-6,12H2,1-3H3,(H,24,25). The maximum absolute atomic E-state index is 13.3. The van der Waals surface area contributed by atoms with Crippen molar-refractivity contribution in [1.82, 2.24) is 0 Å². The van der Waals surface area contributed by atoms with Crippen LogP contribution in [-0.4, -0.2) is 20.1 Å². The molecule has 0 radical (unpaired) electrons. The van der Waals surface area contributed by atoms with Gasteiger partial charge < -0.3 is 20.1 Å². The van der Waals surface area contributed by atoms with Gasteiger partial charge in [0.15, 0.2) is 0 Å². The van der Waals surface area contributed by atoms with E-state index in [0.29, 0.717) is 17.2 Å². The van der Waals surface area contributed by atoms with Crippen LogP contribution in [0.4, 0.5) is 10.7 Å². The molecule has 0 saturated heterocycles. The number of thiophene rings is 2. The first-order chi connectivity index (χ1) is 14.1. The first kappa shape index (κ1) is 19.8. The van der Waals surface area contributed by atoms with E-state index < -0.39 is 0 Å². The van der Waals surface area contributed by atoms with Gasteiger partial charge in [-0.1, -0.05) is 0 Å². The predicted octanol–water partition coefficient (Wildman–Crippen LogP) is 5.49. The number of ether oxygens (including phenoxy) is 2. The Morgan fingerprint density at radius 1 is 1.17 bits per heavy atom. The van der Waals surface area contributed by atoms with E-state index in [2.05, 4.69) is 29.0 Å². The topological polar surface area (TPSA) is 59.6 Å². The van der Waals surface area contributed by atoms with Crippen molar-refractivity contribution < 1.29 is 14.3 Å². The molecule has 0 saturated carbocycles. The molecule has 152 valence electrons. The Balaban J connectivity index is 1.62. The molecule has 2 heterocycles. The summed E-state index contributed by atoms with van der Waals surface area (Å²) in [6.07, 6.45) is 3.10. The van der Waals surface area contributed by atoms with Crippen LogP contribution in [0.25, 0.3) is 0 Å². The molecular weight excluding hydrogens is 404 g/mol. The second-order valence-corrected chi connectivity index (χ2v) is 9.07. The lowest BCUT2D eigenvalue weighted by Crippen LogP contribution is -2.15. The number of hydrogen-bond acceptors (Lipinski definition) is 6. The van der Waals surface area contributed by atoms with Crippen LogP contribution in [0.1, 0.15) is 37.7 Å². The number of carbonyl (C=O) groups is 1. The number of rotatable bonds is 7. The van der Waals surface area contributed by atoms with Gasteiger partial charge in [-0.2, -0.15) is 0 Å². The highest BCUT2D eigenvalue weighted by molar-refractivity contribution is 7.16. The highest BCUT2D eigenvalue weighted by atomic mass is 32.1. The minimum atomic E-state index is -0.110. The van der Waals surface area contributed by atoms with E-state index in [1.807, 2.05) is 6.07 Å². The molecular formula is C22H24N2O3S2. The number of carbonyl (C=O) groups excluding carboxylic acids is 1. The largest absolute Gasteiger partial charge is 0.497 e. The molecule has 1 aromatic carbocycles. The number of benzene rings is 1. The van der Waals surface area contributed by atoms with Gasteiger partial charge in [0.05, 0.1) is 32.0 Å². The monoisotopic (exact) mass is 428 g/mol. The van der Waals surface area contributed by atoms with Gasteiger partial charge in [0, 0.05) is 15.8 Å². The Kier molecular flexibility index (Phi) is 5.78. The molecule has 0 unspecified atom stereocenters. The Labute approximate surface area is 178 Å². The zero-order valence-corrected chi connectivity index (χ0v) is 18.4. The van der Waals surface area contributed by atoms with Gasteiger partial charge in [-0.05, 0) is 60.9 Å². The number of anilines is 2. The molecule has 2 aromatic heterocycles. The van der Waals surface area contributed by atoms with E-state index in [4.69, 9.17) is 9.47 Å². The molecule has 4 rings (SSSR count). The molecule has 1 amide bonds. The molecule has 0 aliphatic heterocycles. The minimum Gasteiger partial charge on any atom is -0.497 e. The number of methoxy groups -OCH3 is 2. The fourth-order valence-corrected chi connectivity index (χ4v) is 5.74. The van der Waals surface area contributed by atoms with Crippen LogP contribution in [0.15, 0.2) is 29.6 Å². The fraction of sp³-hybridized carbons (Fsp3) is 0.318. The van der Waals surface area contributed by atoms with Crippen molar-refractivity contribution in [3.05, 3.63) is 56.1 Å². The summed E-state index contributed by atoms with van der Waals surface area (Å²) in [5.41, 5.74) is 3.83. The van der Waals surface area contributed by atoms with E-state index in [1.165, 1.54) is 20.9 Å². The van der Waals surface area contributed by atoms with Crippen LogP contribution in [0.3, 0.4) is 0 Å². The van der Waals surface area contributed by atoms with Gasteiger partial charge >= 0.3 is 0 Å². The predicted molar refractivity (Wildman–Crippen MR) is 120 cm³/mol. The Morgan fingerprint density at radius 2 is 2.03 bits per heavy atom. The quantitative estimate of drug-likeness (QED) is 0.523. The first-order valence-corrected chi connectivity index (χ1v) is 11.2. The van der Waals surface area contributed by atoms with Crippen molar-refractivity contribution in [2.45, 2.75) is 32.7 Å². The summed E-state index contributed by atoms with van der Waals surface area (Å²) >= 11 is 3.45. The molecule has 2 N–H and O–H groups in total. The van der Waals surface area contributed by atoms with E-state index in [0.717, 1.165) is 36.4 Å². The normalized spacial score (nSPS) is 12.5. The molecule has 7 heteroatoms. The van der Waals surface area contributed by atoms with Gasteiger partial charge in [-0.3, -0.25) is 4.79 Å². The van der Waals surface area contributed by atoms with Crippen molar-refractivity contribution in [2.24, 2.45) is 0 Å². The first-order valence-electron chi connectivity index (χ1n) is 9.55. The van der Waals surface area contributed by atoms with Crippen molar-refractivity contribution >= 4 is 39.3 Å². The Bertz CT molecular complexity index is 1040. The molecule has 5 nitrogen and oxygen atoms in total. The van der Waals surface area contributed by atoms with E-state index >= 15 is 0 Å². The van der Waals surface area contributed by atoms with Gasteiger partial charge in [0.1, 0.15) is 16.5 Å². The number of amides is 1. The zero-order valence-electron chi connectivity index (χ0n) is 16.8. The second-order valence-electron chi connectivity index (χ2n) is 6.96. The third kappa shape index (κ3) is 3.97. The van der Waals surface area contributed by atoms with Crippen LogP contribution < -0.4 is 20.1 Å². The molecule has 1 aliphatic carbocycles. The van der Waals surface area contributed by atoms with Crippen LogP contribution >= 0.6 is 22.7 Å². The van der Waals surface area contributed by atoms with Crippen LogP contribution in [0.5, 0.6) is 11.5 Å². The molecule has 0 bridgehead atoms. The number of aryl methyl sites for hydroxylation is 2. The van der Waals surface area contributed by atoms with Crippen molar-refractivity contribution in [1.29, 1.82) is 0 Å². The molecule has 0 atom stereocenters. The van der Waals surface area contributed by atoms with Crippen LogP contribution in [-0.2, 0) is 19.4 Å². The lowest BCUT2D eigenvalue weighted by atomic mass is 10.1. The third-order valence-electron chi connectivity index (χ3n) is 5.18. The van der Waals surface area contributed by atoms with Gasteiger partial charge in [-0.25, -0.2) is 0 Å². The lowest BCUT2D eigenvalue weighted by Gasteiger charge is -2.13. The van der Waals surface area contributed by atoms with Gasteiger partial charge in [0.25, 0.3) is 5.91 Å². The SMILES string of the molecule is COc1ccc(OC)c(NC(=O)c2c(NCc3sccc3C)sc3c2CCC3)c1.